The molecular formula is C16H26ClN3O. The van der Waals surface area contributed by atoms with E-state index in [1.54, 1.807) is 10.8 Å². The lowest BCUT2D eigenvalue weighted by Crippen LogP contribution is -2.41. The Morgan fingerprint density at radius 3 is 2.62 bits per heavy atom. The van der Waals surface area contributed by atoms with Gasteiger partial charge in [-0.1, -0.05) is 32.4 Å². The number of amides is 1. The maximum atomic E-state index is 11.9. The highest BCUT2D eigenvalue weighted by atomic mass is 35.5. The number of aryl methyl sites for hydroxylation is 1. The van der Waals surface area contributed by atoms with Crippen LogP contribution in [0.4, 0.5) is 0 Å². The molecule has 0 aliphatic carbocycles. The van der Waals surface area contributed by atoms with Crippen LogP contribution in [0.1, 0.15) is 52.3 Å². The van der Waals surface area contributed by atoms with Crippen LogP contribution in [0, 0.1) is 12.8 Å². The zero-order valence-electron chi connectivity index (χ0n) is 13.8. The van der Waals surface area contributed by atoms with Crippen molar-refractivity contribution >= 4 is 23.6 Å². The average molecular weight is 312 g/mol. The van der Waals surface area contributed by atoms with E-state index in [9.17, 15) is 4.79 Å². The predicted octanol–water partition coefficient (Wildman–Crippen LogP) is 3.82. The molecule has 0 radical (unpaired) electrons. The van der Waals surface area contributed by atoms with Crippen molar-refractivity contribution in [1.29, 1.82) is 0 Å². The van der Waals surface area contributed by atoms with Crippen molar-refractivity contribution in [3.05, 3.63) is 22.5 Å². The lowest BCUT2D eigenvalue weighted by molar-refractivity contribution is -0.117. The first-order chi connectivity index (χ1) is 9.66. The molecule has 0 unspecified atom stereocenters. The number of hydrogen-bond acceptors (Lipinski definition) is 2. The van der Waals surface area contributed by atoms with E-state index >= 15 is 0 Å². The fourth-order valence-corrected chi connectivity index (χ4v) is 2.15. The minimum absolute atomic E-state index is 0.117. The van der Waals surface area contributed by atoms with E-state index in [1.807, 2.05) is 27.7 Å². The lowest BCUT2D eigenvalue weighted by atomic mass is 10.0. The van der Waals surface area contributed by atoms with E-state index in [1.165, 1.54) is 6.08 Å². The summed E-state index contributed by atoms with van der Waals surface area (Å²) in [6.45, 7) is 12.9. The average Bonchev–Trinajstić information content (AvgIpc) is 2.61. The van der Waals surface area contributed by atoms with E-state index in [0.717, 1.165) is 24.2 Å². The molecular weight excluding hydrogens is 286 g/mol. The smallest absolute Gasteiger partial charge is 0.244 e. The van der Waals surface area contributed by atoms with Gasteiger partial charge in [-0.3, -0.25) is 9.48 Å². The number of halogens is 1. The summed E-state index contributed by atoms with van der Waals surface area (Å²) in [5, 5.41) is 7.96. The van der Waals surface area contributed by atoms with Crippen LogP contribution in [0.5, 0.6) is 0 Å². The SMILES string of the molecule is CCC(C)(C)NC(=O)/C=C/c1c(C)nn(CC(C)C)c1Cl. The summed E-state index contributed by atoms with van der Waals surface area (Å²) in [4.78, 5) is 11.9. The van der Waals surface area contributed by atoms with Crippen LogP contribution in [0.2, 0.25) is 5.15 Å². The molecule has 0 aliphatic heterocycles. The molecule has 1 N–H and O–H groups in total. The summed E-state index contributed by atoms with van der Waals surface area (Å²) in [6, 6.07) is 0. The Balaban J connectivity index is 2.86. The van der Waals surface area contributed by atoms with Crippen molar-refractivity contribution in [1.82, 2.24) is 15.1 Å². The molecule has 0 saturated heterocycles. The largest absolute Gasteiger partial charge is 0.348 e. The highest BCUT2D eigenvalue weighted by Gasteiger charge is 2.17. The van der Waals surface area contributed by atoms with Crippen LogP contribution < -0.4 is 5.32 Å². The van der Waals surface area contributed by atoms with E-state index in [2.05, 4.69) is 24.3 Å². The highest BCUT2D eigenvalue weighted by molar-refractivity contribution is 6.31. The zero-order chi connectivity index (χ0) is 16.2. The molecule has 0 spiro atoms. The van der Waals surface area contributed by atoms with Crippen LogP contribution in [0.15, 0.2) is 6.08 Å². The summed E-state index contributed by atoms with van der Waals surface area (Å²) in [7, 11) is 0. The van der Waals surface area contributed by atoms with Crippen LogP contribution in [0.25, 0.3) is 6.08 Å². The lowest BCUT2D eigenvalue weighted by Gasteiger charge is -2.23. The van der Waals surface area contributed by atoms with Crippen molar-refractivity contribution in [2.24, 2.45) is 5.92 Å². The minimum atomic E-state index is -0.206. The third kappa shape index (κ3) is 5.20. The van der Waals surface area contributed by atoms with Crippen molar-refractivity contribution < 1.29 is 4.79 Å². The van der Waals surface area contributed by atoms with E-state index in [-0.39, 0.29) is 11.4 Å². The fourth-order valence-electron chi connectivity index (χ4n) is 1.85. The molecule has 1 aromatic heterocycles. The highest BCUT2D eigenvalue weighted by Crippen LogP contribution is 2.22. The van der Waals surface area contributed by atoms with Gasteiger partial charge in [0.25, 0.3) is 0 Å². The Morgan fingerprint density at radius 2 is 2.10 bits per heavy atom. The Kier molecular flexibility index (Phi) is 6.02. The fraction of sp³-hybridized carbons (Fsp3) is 0.625. The number of nitrogens with one attached hydrogen (secondary N) is 1. The van der Waals surface area contributed by atoms with Gasteiger partial charge in [0.05, 0.1) is 5.69 Å². The number of carbonyl (C=O) groups excluding carboxylic acids is 1. The van der Waals surface area contributed by atoms with Crippen molar-refractivity contribution in [2.45, 2.75) is 60.0 Å². The molecule has 0 fully saturated rings. The van der Waals surface area contributed by atoms with Crippen LogP contribution in [0.3, 0.4) is 0 Å². The minimum Gasteiger partial charge on any atom is -0.348 e. The summed E-state index contributed by atoms with van der Waals surface area (Å²) in [5.74, 6) is 0.348. The van der Waals surface area contributed by atoms with Crippen molar-refractivity contribution in [3.8, 4) is 0 Å². The number of hydrogen-bond donors (Lipinski definition) is 1. The molecule has 118 valence electrons. The monoisotopic (exact) mass is 311 g/mol. The first-order valence-electron chi connectivity index (χ1n) is 7.39. The van der Waals surface area contributed by atoms with E-state index in [4.69, 9.17) is 11.6 Å². The number of aromatic nitrogens is 2. The number of nitrogens with zero attached hydrogens (tertiary/aromatic N) is 2. The first-order valence-corrected chi connectivity index (χ1v) is 7.77. The van der Waals surface area contributed by atoms with Gasteiger partial charge < -0.3 is 5.32 Å². The second kappa shape index (κ2) is 7.12. The van der Waals surface area contributed by atoms with Gasteiger partial charge in [0.1, 0.15) is 5.15 Å². The predicted molar refractivity (Wildman–Crippen MR) is 88.4 cm³/mol. The van der Waals surface area contributed by atoms with E-state index < -0.39 is 0 Å². The van der Waals surface area contributed by atoms with Gasteiger partial charge in [-0.15, -0.1) is 0 Å². The molecule has 0 aliphatic rings. The number of carbonyl (C=O) groups is 1. The van der Waals surface area contributed by atoms with Crippen LogP contribution >= 0.6 is 11.6 Å². The Labute approximate surface area is 132 Å². The second-order valence-corrected chi connectivity index (χ2v) is 6.78. The first kappa shape index (κ1) is 17.8. The summed E-state index contributed by atoms with van der Waals surface area (Å²) in [5.41, 5.74) is 1.43. The van der Waals surface area contributed by atoms with Gasteiger partial charge in [0.15, 0.2) is 0 Å². The zero-order valence-corrected chi connectivity index (χ0v) is 14.6. The standard InChI is InChI=1S/C16H26ClN3O/c1-7-16(5,6)18-14(21)9-8-13-12(4)19-20(15(13)17)10-11(2)3/h8-9,11H,7,10H2,1-6H3,(H,18,21)/b9-8+. The molecule has 1 rings (SSSR count). The van der Waals surface area contributed by atoms with Gasteiger partial charge >= 0.3 is 0 Å². The summed E-state index contributed by atoms with van der Waals surface area (Å²) in [6.07, 6.45) is 4.13. The second-order valence-electron chi connectivity index (χ2n) is 6.43. The number of rotatable bonds is 6. The molecule has 1 aromatic rings. The van der Waals surface area contributed by atoms with Crippen molar-refractivity contribution in [2.75, 3.05) is 0 Å². The molecule has 5 heteroatoms. The van der Waals surface area contributed by atoms with Gasteiger partial charge in [0.2, 0.25) is 5.91 Å². The molecule has 1 heterocycles. The van der Waals surface area contributed by atoms with Gasteiger partial charge in [-0.2, -0.15) is 5.10 Å². The summed E-state index contributed by atoms with van der Waals surface area (Å²) >= 11 is 6.34. The van der Waals surface area contributed by atoms with Gasteiger partial charge in [-0.25, -0.2) is 0 Å². The van der Waals surface area contributed by atoms with Crippen LogP contribution in [-0.2, 0) is 11.3 Å². The normalized spacial score (nSPS) is 12.4. The summed E-state index contributed by atoms with van der Waals surface area (Å²) < 4.78 is 1.79. The molecule has 21 heavy (non-hydrogen) atoms. The Bertz CT molecular complexity index is 530. The van der Waals surface area contributed by atoms with Gasteiger partial charge in [0, 0.05) is 23.7 Å². The Morgan fingerprint density at radius 1 is 1.48 bits per heavy atom. The maximum Gasteiger partial charge on any atom is 0.244 e. The molecule has 1 amide bonds. The van der Waals surface area contributed by atoms with Crippen molar-refractivity contribution in [3.63, 3.8) is 0 Å². The van der Waals surface area contributed by atoms with Crippen LogP contribution in [-0.4, -0.2) is 21.2 Å². The molecule has 0 saturated carbocycles. The molecule has 0 bridgehead atoms. The Hall–Kier alpha value is -1.29. The molecule has 4 nitrogen and oxygen atoms in total. The topological polar surface area (TPSA) is 46.9 Å². The molecule has 0 aromatic carbocycles. The third-order valence-electron chi connectivity index (χ3n) is 3.39. The quantitative estimate of drug-likeness (QED) is 0.812. The maximum absolute atomic E-state index is 11.9. The third-order valence-corrected chi connectivity index (χ3v) is 3.79. The van der Waals surface area contributed by atoms with E-state index in [0.29, 0.717) is 11.1 Å². The molecule has 0 atom stereocenters. The van der Waals surface area contributed by atoms with Gasteiger partial charge in [-0.05, 0) is 39.2 Å².